The first-order chi connectivity index (χ1) is 17.4. The Morgan fingerprint density at radius 3 is 2.83 bits per heavy atom. The minimum Gasteiger partial charge on any atom is -0.504 e. The van der Waals surface area contributed by atoms with Crippen LogP contribution in [0.4, 0.5) is 0 Å². The maximum atomic E-state index is 10.3. The maximum absolute atomic E-state index is 10.3. The molecule has 0 spiro atoms. The molecule has 0 saturated carbocycles. The SMILES string of the molecule is CCCCC1[OH+][C-](CCc2ccc(O)c(OCCC3=C[C+]([C@H](C)CNC[C@H](C)O)C=N3)c2)C=C1CO. The highest BCUT2D eigenvalue weighted by molar-refractivity contribution is 5.82. The van der Waals surface area contributed by atoms with Gasteiger partial charge in [-0.25, -0.2) is 0 Å². The lowest BCUT2D eigenvalue weighted by molar-refractivity contribution is -0.0550. The predicted octanol–water partition coefficient (Wildman–Crippen LogP) is 3.79. The van der Waals surface area contributed by atoms with Gasteiger partial charge in [-0.3, -0.25) is 0 Å². The number of hydrogen-bond acceptors (Lipinski definition) is 6. The van der Waals surface area contributed by atoms with Crippen LogP contribution in [0.15, 0.2) is 46.6 Å². The molecular formula is C29H43N2O5+. The molecule has 2 aliphatic heterocycles. The van der Waals surface area contributed by atoms with Crippen LogP contribution in [-0.2, 0) is 6.42 Å². The van der Waals surface area contributed by atoms with E-state index in [1.54, 1.807) is 13.0 Å². The van der Waals surface area contributed by atoms with Crippen molar-refractivity contribution >= 4 is 6.21 Å². The van der Waals surface area contributed by atoms with Crippen LogP contribution in [0.2, 0.25) is 0 Å². The number of aliphatic hydroxyl groups is 4. The Labute approximate surface area is 215 Å². The highest BCUT2D eigenvalue weighted by Gasteiger charge is 2.27. The van der Waals surface area contributed by atoms with Crippen molar-refractivity contribution in [2.45, 2.75) is 71.5 Å². The van der Waals surface area contributed by atoms with E-state index in [0.29, 0.717) is 31.2 Å². The molecule has 0 radical (unpaired) electrons. The molecule has 36 heavy (non-hydrogen) atoms. The summed E-state index contributed by atoms with van der Waals surface area (Å²) in [5, 5.41) is 32.6. The molecule has 5 N–H and O–H groups in total. The zero-order valence-corrected chi connectivity index (χ0v) is 21.9. The Balaban J connectivity index is 1.44. The molecule has 1 aromatic rings. The van der Waals surface area contributed by atoms with Crippen LogP contribution < -0.4 is 10.1 Å². The topological polar surface area (TPSA) is 107 Å². The van der Waals surface area contributed by atoms with Gasteiger partial charge in [-0.15, -0.1) is 16.6 Å². The van der Waals surface area contributed by atoms with E-state index in [-0.39, 0.29) is 24.6 Å². The number of rotatable bonds is 16. The van der Waals surface area contributed by atoms with Crippen molar-refractivity contribution in [2.75, 3.05) is 26.3 Å². The maximum Gasteiger partial charge on any atom is 0.178 e. The van der Waals surface area contributed by atoms with Gasteiger partial charge in [0.15, 0.2) is 17.2 Å². The quantitative estimate of drug-likeness (QED) is 0.204. The molecule has 0 aliphatic carbocycles. The molecule has 7 heteroatoms. The van der Waals surface area contributed by atoms with E-state index in [2.05, 4.69) is 30.2 Å². The summed E-state index contributed by atoms with van der Waals surface area (Å²) in [6.45, 7) is 7.94. The number of nitrogens with zero attached hydrogens (tertiary/aromatic N) is 1. The highest BCUT2D eigenvalue weighted by atomic mass is 16.5. The van der Waals surface area contributed by atoms with E-state index < -0.39 is 0 Å². The number of hydrogen-bond donors (Lipinski definition) is 4. The zero-order chi connectivity index (χ0) is 25.9. The number of aryl methyl sites for hydroxylation is 1. The number of aliphatic hydroxyl groups excluding tert-OH is 2. The number of phenolic OH excluding ortho intramolecular Hbond substituents is 1. The van der Waals surface area contributed by atoms with E-state index in [1.807, 2.05) is 24.4 Å². The molecule has 3 atom stereocenters. The average Bonchev–Trinajstić information content (AvgIpc) is 3.49. The van der Waals surface area contributed by atoms with Gasteiger partial charge in [0.1, 0.15) is 30.9 Å². The Morgan fingerprint density at radius 2 is 2.08 bits per heavy atom. The minimum absolute atomic E-state index is 0.0666. The van der Waals surface area contributed by atoms with Crippen LogP contribution in [0.25, 0.3) is 0 Å². The van der Waals surface area contributed by atoms with E-state index >= 15 is 0 Å². The minimum atomic E-state index is -0.354. The lowest BCUT2D eigenvalue weighted by Gasteiger charge is -2.19. The second-order valence-corrected chi connectivity index (χ2v) is 9.86. The Morgan fingerprint density at radius 1 is 1.25 bits per heavy atom. The third kappa shape index (κ3) is 8.59. The molecule has 0 aromatic heterocycles. The number of allylic oxidation sites excluding steroid dienone is 1. The summed E-state index contributed by atoms with van der Waals surface area (Å²) in [6.07, 6.45) is 12.3. The lowest BCUT2D eigenvalue weighted by atomic mass is 9.95. The standard InChI is InChI=1S/C29H42N2O5/c1-4-5-6-28-24(19-32)15-26(36-28)9-7-22-8-10-27(34)29(13-22)35-12-11-25-14-23(18-31-25)20(2)16-30-17-21(3)33/h8,10,13-15,18,20-21,28,30,32-33,36H,4-7,9,11-12,16-17,19H2,1-3H3/p+1/t20-,21+,28?/m1/s1. The fourth-order valence-corrected chi connectivity index (χ4v) is 4.39. The molecule has 0 amide bonds. The summed E-state index contributed by atoms with van der Waals surface area (Å²) >= 11 is 0. The van der Waals surface area contributed by atoms with Crippen LogP contribution in [0.3, 0.4) is 0 Å². The van der Waals surface area contributed by atoms with Crippen molar-refractivity contribution < 1.29 is 24.8 Å². The van der Waals surface area contributed by atoms with E-state index in [1.165, 1.54) is 0 Å². The largest absolute Gasteiger partial charge is 0.504 e. The van der Waals surface area contributed by atoms with Gasteiger partial charge in [-0.05, 0) is 50.8 Å². The Kier molecular flexibility index (Phi) is 11.2. The molecule has 2 heterocycles. The van der Waals surface area contributed by atoms with E-state index in [0.717, 1.165) is 67.5 Å². The summed E-state index contributed by atoms with van der Waals surface area (Å²) in [7, 11) is 0. The van der Waals surface area contributed by atoms with Crippen molar-refractivity contribution in [3.8, 4) is 11.5 Å². The number of nitrogens with one attached hydrogen (secondary N) is 1. The first-order valence-electron chi connectivity index (χ1n) is 13.2. The highest BCUT2D eigenvalue weighted by Crippen LogP contribution is 2.32. The van der Waals surface area contributed by atoms with Crippen LogP contribution in [0.5, 0.6) is 11.5 Å². The third-order valence-corrected chi connectivity index (χ3v) is 6.60. The lowest BCUT2D eigenvalue weighted by Crippen LogP contribution is -2.30. The first kappa shape index (κ1) is 28.1. The fourth-order valence-electron chi connectivity index (χ4n) is 4.39. The van der Waals surface area contributed by atoms with Gasteiger partial charge < -0.3 is 30.1 Å². The van der Waals surface area contributed by atoms with Gasteiger partial charge >= 0.3 is 0 Å². The summed E-state index contributed by atoms with van der Waals surface area (Å²) in [5.41, 5.74) is 3.06. The van der Waals surface area contributed by atoms with Crippen LogP contribution in [-0.4, -0.2) is 64.8 Å². The summed E-state index contributed by atoms with van der Waals surface area (Å²) in [4.78, 5) is 4.51. The molecule has 0 bridgehead atoms. The molecule has 1 aromatic carbocycles. The number of aromatic hydroxyl groups is 1. The van der Waals surface area contributed by atoms with Gasteiger partial charge in [0.05, 0.1) is 24.5 Å². The van der Waals surface area contributed by atoms with Crippen LogP contribution >= 0.6 is 0 Å². The van der Waals surface area contributed by atoms with Crippen molar-refractivity contribution in [1.29, 1.82) is 0 Å². The number of aliphatic imine (C=N–C) groups is 1. The normalized spacial score (nSPS) is 19.0. The van der Waals surface area contributed by atoms with Crippen molar-refractivity contribution in [2.24, 2.45) is 10.9 Å². The summed E-state index contributed by atoms with van der Waals surface area (Å²) in [5.74, 6) is 2.09. The number of ether oxygens (including phenoxy) is 2. The molecule has 7 nitrogen and oxygen atoms in total. The van der Waals surface area contributed by atoms with Gasteiger partial charge in [0.25, 0.3) is 0 Å². The second-order valence-electron chi connectivity index (χ2n) is 9.86. The molecule has 2 aliphatic rings. The van der Waals surface area contributed by atoms with E-state index in [4.69, 9.17) is 9.47 Å². The molecular weight excluding hydrogens is 456 g/mol. The third-order valence-electron chi connectivity index (χ3n) is 6.60. The smallest absolute Gasteiger partial charge is 0.178 e. The number of unbranched alkanes of at least 4 members (excludes halogenated alkanes) is 1. The van der Waals surface area contributed by atoms with Crippen molar-refractivity contribution in [3.05, 3.63) is 59.2 Å². The number of phenols is 1. The van der Waals surface area contributed by atoms with Gasteiger partial charge in [0.2, 0.25) is 0 Å². The first-order valence-corrected chi connectivity index (χ1v) is 13.2. The molecule has 3 rings (SSSR count). The fraction of sp³-hybridized carbons (Fsp3) is 0.552. The van der Waals surface area contributed by atoms with Gasteiger partial charge in [-0.2, -0.15) is 0 Å². The van der Waals surface area contributed by atoms with Gasteiger partial charge in [-0.1, -0.05) is 19.4 Å². The zero-order valence-electron chi connectivity index (χ0n) is 21.9. The average molecular weight is 500 g/mol. The Hall–Kier alpha value is -2.45. The summed E-state index contributed by atoms with van der Waals surface area (Å²) < 4.78 is 10.7. The van der Waals surface area contributed by atoms with Crippen molar-refractivity contribution in [3.63, 3.8) is 0 Å². The number of benzene rings is 1. The monoisotopic (exact) mass is 499 g/mol. The van der Waals surface area contributed by atoms with Crippen molar-refractivity contribution in [1.82, 2.24) is 5.32 Å². The molecule has 198 valence electrons. The second kappa shape index (κ2) is 14.3. The molecule has 0 fully saturated rings. The molecule has 0 saturated heterocycles. The van der Waals surface area contributed by atoms with Crippen LogP contribution in [0.1, 0.15) is 58.4 Å². The van der Waals surface area contributed by atoms with E-state index in [9.17, 15) is 15.3 Å². The predicted molar refractivity (Wildman–Crippen MR) is 144 cm³/mol. The van der Waals surface area contributed by atoms with Crippen LogP contribution in [0, 0.1) is 17.9 Å². The van der Waals surface area contributed by atoms with Gasteiger partial charge in [0, 0.05) is 26.1 Å². The molecule has 1 unspecified atom stereocenters. The Bertz CT molecular complexity index is 911. The summed E-state index contributed by atoms with van der Waals surface area (Å²) in [6, 6.07) is 5.50.